The van der Waals surface area contributed by atoms with Crippen LogP contribution in [0.15, 0.2) is 47.5 Å². The van der Waals surface area contributed by atoms with E-state index < -0.39 is 10.7 Å². The van der Waals surface area contributed by atoms with Gasteiger partial charge in [0.25, 0.3) is 5.69 Å². The van der Waals surface area contributed by atoms with Crippen LogP contribution in [-0.4, -0.2) is 21.5 Å². The van der Waals surface area contributed by atoms with Crippen LogP contribution in [0.2, 0.25) is 0 Å². The van der Waals surface area contributed by atoms with Gasteiger partial charge in [-0.25, -0.2) is 4.39 Å². The molecule has 0 aliphatic carbocycles. The van der Waals surface area contributed by atoms with Crippen LogP contribution in [0.3, 0.4) is 0 Å². The minimum absolute atomic E-state index is 0.0429. The third-order valence-corrected chi connectivity index (χ3v) is 4.51. The SMILES string of the molecule is CCC1N=C(c2ccccc2F)c2cc([N+](=O)[O-])ccc2CC1=S. The number of nitro groups is 1. The minimum atomic E-state index is -0.459. The fourth-order valence-electron chi connectivity index (χ4n) is 2.84. The third kappa shape index (κ3) is 2.97. The smallest absolute Gasteiger partial charge is 0.270 e. The molecule has 0 saturated heterocycles. The van der Waals surface area contributed by atoms with Crippen LogP contribution in [0, 0.1) is 15.9 Å². The Bertz CT molecular complexity index is 864. The molecule has 0 bridgehead atoms. The van der Waals surface area contributed by atoms with Crippen LogP contribution < -0.4 is 0 Å². The maximum atomic E-state index is 14.3. The van der Waals surface area contributed by atoms with Crippen molar-refractivity contribution in [3.8, 4) is 0 Å². The Morgan fingerprint density at radius 1 is 1.29 bits per heavy atom. The molecule has 2 aromatic rings. The van der Waals surface area contributed by atoms with E-state index in [1.807, 2.05) is 6.92 Å². The second-order valence-corrected chi connectivity index (χ2v) is 6.15. The molecule has 0 saturated carbocycles. The van der Waals surface area contributed by atoms with Gasteiger partial charge in [-0.2, -0.15) is 0 Å². The zero-order valence-electron chi connectivity index (χ0n) is 13.0. The number of hydrogen-bond acceptors (Lipinski definition) is 4. The number of halogens is 1. The number of rotatable bonds is 3. The number of non-ortho nitro benzene ring substituents is 1. The van der Waals surface area contributed by atoms with Crippen molar-refractivity contribution in [3.63, 3.8) is 0 Å². The van der Waals surface area contributed by atoms with E-state index >= 15 is 0 Å². The average Bonchev–Trinajstić information content (AvgIpc) is 2.70. The van der Waals surface area contributed by atoms with Crippen molar-refractivity contribution in [2.24, 2.45) is 4.99 Å². The topological polar surface area (TPSA) is 55.5 Å². The summed E-state index contributed by atoms with van der Waals surface area (Å²) in [7, 11) is 0. The van der Waals surface area contributed by atoms with Crippen molar-refractivity contribution >= 4 is 28.5 Å². The van der Waals surface area contributed by atoms with Gasteiger partial charge in [0, 0.05) is 34.5 Å². The van der Waals surface area contributed by atoms with E-state index in [4.69, 9.17) is 12.2 Å². The highest BCUT2D eigenvalue weighted by atomic mass is 32.1. The lowest BCUT2D eigenvalue weighted by Gasteiger charge is -2.11. The molecule has 24 heavy (non-hydrogen) atoms. The van der Waals surface area contributed by atoms with Gasteiger partial charge >= 0.3 is 0 Å². The van der Waals surface area contributed by atoms with E-state index in [-0.39, 0.29) is 11.7 Å². The first-order valence-electron chi connectivity index (χ1n) is 7.64. The van der Waals surface area contributed by atoms with Crippen molar-refractivity contribution in [1.29, 1.82) is 0 Å². The summed E-state index contributed by atoms with van der Waals surface area (Å²) >= 11 is 5.47. The first-order chi connectivity index (χ1) is 11.5. The van der Waals surface area contributed by atoms with Gasteiger partial charge in [-0.05, 0) is 24.1 Å². The molecule has 1 aliphatic rings. The molecule has 0 fully saturated rings. The lowest BCUT2D eigenvalue weighted by molar-refractivity contribution is -0.384. The number of nitro benzene ring substituents is 1. The van der Waals surface area contributed by atoms with Crippen LogP contribution in [0.4, 0.5) is 10.1 Å². The molecule has 2 aromatic carbocycles. The Labute approximate surface area is 144 Å². The second-order valence-electron chi connectivity index (χ2n) is 5.62. The molecule has 4 nitrogen and oxygen atoms in total. The fourth-order valence-corrected chi connectivity index (χ4v) is 3.22. The van der Waals surface area contributed by atoms with E-state index in [9.17, 15) is 14.5 Å². The predicted octanol–water partition coefficient (Wildman–Crippen LogP) is 4.28. The van der Waals surface area contributed by atoms with Crippen molar-refractivity contribution in [2.75, 3.05) is 0 Å². The largest absolute Gasteiger partial charge is 0.275 e. The first kappa shape index (κ1) is 16.4. The number of nitrogens with zero attached hydrogens (tertiary/aromatic N) is 2. The molecule has 0 radical (unpaired) electrons. The number of benzene rings is 2. The molecule has 1 unspecified atom stereocenters. The average molecular weight is 342 g/mol. The number of thiocarbonyl (C=S) groups is 1. The predicted molar refractivity (Wildman–Crippen MR) is 95.5 cm³/mol. The maximum absolute atomic E-state index is 14.3. The van der Waals surface area contributed by atoms with E-state index in [2.05, 4.69) is 4.99 Å². The summed E-state index contributed by atoms with van der Waals surface area (Å²) < 4.78 is 14.3. The molecule has 0 amide bonds. The lowest BCUT2D eigenvalue weighted by Crippen LogP contribution is -2.17. The first-order valence-corrected chi connectivity index (χ1v) is 8.05. The van der Waals surface area contributed by atoms with Crippen molar-refractivity contribution in [3.05, 3.63) is 75.1 Å². The summed E-state index contributed by atoms with van der Waals surface area (Å²) in [6.07, 6.45) is 1.20. The highest BCUT2D eigenvalue weighted by molar-refractivity contribution is 7.80. The summed E-state index contributed by atoms with van der Waals surface area (Å²) in [6.45, 7) is 1.97. The summed E-state index contributed by atoms with van der Waals surface area (Å²) in [5.74, 6) is -0.406. The molecular weight excluding hydrogens is 327 g/mol. The van der Waals surface area contributed by atoms with Gasteiger partial charge in [-0.15, -0.1) is 0 Å². The molecule has 0 spiro atoms. The van der Waals surface area contributed by atoms with Gasteiger partial charge in [-0.1, -0.05) is 37.3 Å². The highest BCUT2D eigenvalue weighted by Crippen LogP contribution is 2.27. The Morgan fingerprint density at radius 3 is 2.71 bits per heavy atom. The molecule has 1 heterocycles. The van der Waals surface area contributed by atoms with Crippen LogP contribution in [-0.2, 0) is 6.42 Å². The van der Waals surface area contributed by atoms with Gasteiger partial charge in [0.05, 0.1) is 16.7 Å². The third-order valence-electron chi connectivity index (χ3n) is 4.10. The summed E-state index contributed by atoms with van der Waals surface area (Å²) in [6, 6.07) is 10.7. The number of aliphatic imine (C=N–C) groups is 1. The van der Waals surface area contributed by atoms with Crippen LogP contribution >= 0.6 is 12.2 Å². The van der Waals surface area contributed by atoms with Crippen molar-refractivity contribution in [2.45, 2.75) is 25.8 Å². The van der Waals surface area contributed by atoms with Gasteiger partial charge in [0.1, 0.15) is 5.82 Å². The highest BCUT2D eigenvalue weighted by Gasteiger charge is 2.25. The van der Waals surface area contributed by atoms with Gasteiger partial charge < -0.3 is 0 Å². The fraction of sp³-hybridized carbons (Fsp3) is 0.222. The molecule has 0 N–H and O–H groups in total. The zero-order chi connectivity index (χ0) is 17.3. The van der Waals surface area contributed by atoms with Gasteiger partial charge in [0.2, 0.25) is 0 Å². The quantitative estimate of drug-likeness (QED) is 0.475. The summed E-state index contributed by atoms with van der Waals surface area (Å²) in [4.78, 5) is 16.1. The lowest BCUT2D eigenvalue weighted by atomic mass is 9.95. The normalized spacial score (nSPS) is 17.0. The number of hydrogen-bond donors (Lipinski definition) is 0. The van der Waals surface area contributed by atoms with Crippen LogP contribution in [0.25, 0.3) is 0 Å². The molecule has 3 rings (SSSR count). The summed E-state index contributed by atoms with van der Waals surface area (Å²) in [5.41, 5.74) is 2.13. The minimum Gasteiger partial charge on any atom is -0.275 e. The van der Waals surface area contributed by atoms with Crippen LogP contribution in [0.5, 0.6) is 0 Å². The van der Waals surface area contributed by atoms with Crippen molar-refractivity contribution in [1.82, 2.24) is 0 Å². The summed E-state index contributed by atoms with van der Waals surface area (Å²) in [5, 5.41) is 11.1. The molecule has 1 atom stereocenters. The van der Waals surface area contributed by atoms with Crippen molar-refractivity contribution < 1.29 is 9.31 Å². The standard InChI is InChI=1S/C18H15FN2O2S/c1-2-16-17(24)9-11-7-8-12(21(22)23)10-14(11)18(20-16)13-5-3-4-6-15(13)19/h3-8,10,16H,2,9H2,1H3. The van der Waals surface area contributed by atoms with Gasteiger partial charge in [-0.3, -0.25) is 15.1 Å². The van der Waals surface area contributed by atoms with E-state index in [1.54, 1.807) is 24.3 Å². The van der Waals surface area contributed by atoms with Crippen LogP contribution in [0.1, 0.15) is 30.0 Å². The Hall–Kier alpha value is -2.47. The molecule has 6 heteroatoms. The molecule has 0 aromatic heterocycles. The zero-order valence-corrected chi connectivity index (χ0v) is 13.8. The second kappa shape index (κ2) is 6.57. The number of fused-ring (bicyclic) bond motifs is 1. The Balaban J connectivity index is 2.27. The monoisotopic (exact) mass is 342 g/mol. The Kier molecular flexibility index (Phi) is 4.49. The molecule has 122 valence electrons. The molecular formula is C18H15FN2O2S. The van der Waals surface area contributed by atoms with Gasteiger partial charge in [0.15, 0.2) is 0 Å². The Morgan fingerprint density at radius 2 is 2.04 bits per heavy atom. The molecule has 1 aliphatic heterocycles. The van der Waals surface area contributed by atoms with E-state index in [0.29, 0.717) is 29.7 Å². The van der Waals surface area contributed by atoms with E-state index in [1.165, 1.54) is 18.2 Å². The maximum Gasteiger partial charge on any atom is 0.270 e. The van der Waals surface area contributed by atoms with E-state index in [0.717, 1.165) is 10.4 Å².